The van der Waals surface area contributed by atoms with Crippen LogP contribution in [0, 0.1) is 13.8 Å². The molecule has 0 fully saturated rings. The van der Waals surface area contributed by atoms with Crippen LogP contribution in [0.4, 0.5) is 5.82 Å². The maximum atomic E-state index is 12.2. The van der Waals surface area contributed by atoms with Gasteiger partial charge in [-0.1, -0.05) is 0 Å². The molecule has 0 amide bonds. The van der Waals surface area contributed by atoms with Crippen LogP contribution in [0.1, 0.15) is 20.2 Å². The highest BCUT2D eigenvalue weighted by atomic mass is 32.2. The zero-order valence-electron chi connectivity index (χ0n) is 10.6. The van der Waals surface area contributed by atoms with E-state index in [4.69, 9.17) is 5.11 Å². The van der Waals surface area contributed by atoms with Gasteiger partial charge in [0.15, 0.2) is 11.5 Å². The third-order valence-corrected chi connectivity index (χ3v) is 4.98. The summed E-state index contributed by atoms with van der Waals surface area (Å²) in [6.45, 7) is 3.47. The minimum Gasteiger partial charge on any atom is -0.476 e. The van der Waals surface area contributed by atoms with Gasteiger partial charge in [0.25, 0.3) is 10.0 Å². The fourth-order valence-electron chi connectivity index (χ4n) is 1.63. The summed E-state index contributed by atoms with van der Waals surface area (Å²) in [6.07, 6.45) is 2.40. The fraction of sp³-hybridized carbons (Fsp3) is 0.182. The quantitative estimate of drug-likeness (QED) is 0.888. The highest BCUT2D eigenvalue weighted by Gasteiger charge is 2.23. The van der Waals surface area contributed by atoms with Crippen LogP contribution in [-0.4, -0.2) is 29.5 Å². The second kappa shape index (κ2) is 5.17. The van der Waals surface area contributed by atoms with E-state index in [9.17, 15) is 13.2 Å². The number of aromatic nitrogens is 2. The zero-order chi connectivity index (χ0) is 14.9. The second-order valence-corrected chi connectivity index (χ2v) is 7.05. The summed E-state index contributed by atoms with van der Waals surface area (Å²) < 4.78 is 26.7. The molecule has 0 bridgehead atoms. The van der Waals surface area contributed by atoms with Crippen molar-refractivity contribution >= 4 is 33.1 Å². The summed E-state index contributed by atoms with van der Waals surface area (Å²) >= 11 is 1.35. The van der Waals surface area contributed by atoms with Crippen LogP contribution in [0.15, 0.2) is 23.4 Å². The molecule has 0 aliphatic heterocycles. The van der Waals surface area contributed by atoms with Gasteiger partial charge in [-0.2, -0.15) is 0 Å². The summed E-state index contributed by atoms with van der Waals surface area (Å²) in [4.78, 5) is 19.9. The number of hydrogen-bond donors (Lipinski definition) is 2. The van der Waals surface area contributed by atoms with Crippen molar-refractivity contribution in [3.8, 4) is 0 Å². The van der Waals surface area contributed by atoms with Gasteiger partial charge < -0.3 is 5.11 Å². The average Bonchev–Trinajstić information content (AvgIpc) is 2.69. The van der Waals surface area contributed by atoms with E-state index in [-0.39, 0.29) is 10.7 Å². The number of rotatable bonds is 4. The maximum absolute atomic E-state index is 12.2. The topological polar surface area (TPSA) is 109 Å². The third kappa shape index (κ3) is 2.78. The number of sulfonamides is 1. The van der Waals surface area contributed by atoms with Crippen LogP contribution < -0.4 is 4.72 Å². The van der Waals surface area contributed by atoms with E-state index < -0.39 is 21.7 Å². The Balaban J connectivity index is 2.44. The number of aryl methyl sites for hydroxylation is 2. The number of hydrogen-bond acceptors (Lipinski definition) is 6. The van der Waals surface area contributed by atoms with E-state index in [0.717, 1.165) is 4.88 Å². The lowest BCUT2D eigenvalue weighted by atomic mass is 10.4. The van der Waals surface area contributed by atoms with E-state index in [1.807, 2.05) is 0 Å². The molecule has 106 valence electrons. The smallest absolute Gasteiger partial charge is 0.358 e. The lowest BCUT2D eigenvalue weighted by molar-refractivity contribution is 0.0691. The van der Waals surface area contributed by atoms with E-state index in [0.29, 0.717) is 4.88 Å². The van der Waals surface area contributed by atoms with Crippen LogP contribution in [0.5, 0.6) is 0 Å². The van der Waals surface area contributed by atoms with Gasteiger partial charge in [-0.05, 0) is 19.9 Å². The highest BCUT2D eigenvalue weighted by Crippen LogP contribution is 2.26. The minimum atomic E-state index is -3.88. The molecule has 0 spiro atoms. The Morgan fingerprint density at radius 1 is 1.30 bits per heavy atom. The minimum absolute atomic E-state index is 0.113. The lowest BCUT2D eigenvalue weighted by Gasteiger charge is -2.08. The third-order valence-electron chi connectivity index (χ3n) is 2.42. The number of nitrogens with one attached hydrogen (secondary N) is 1. The van der Waals surface area contributed by atoms with E-state index in [1.165, 1.54) is 29.8 Å². The number of anilines is 1. The van der Waals surface area contributed by atoms with Crippen LogP contribution in [0.25, 0.3) is 0 Å². The number of thiophene rings is 1. The molecule has 0 aromatic carbocycles. The van der Waals surface area contributed by atoms with Gasteiger partial charge in [-0.15, -0.1) is 11.3 Å². The standard InChI is InChI=1S/C11H11N3O4S2/c1-6-5-8(7(2)19-6)20(17,18)14-10-9(11(15)16)12-3-4-13-10/h3-5H,1-2H3,(H,13,14)(H,15,16). The fourth-order valence-corrected chi connectivity index (χ4v) is 4.20. The molecule has 2 rings (SSSR count). The molecule has 2 heterocycles. The summed E-state index contributed by atoms with van der Waals surface area (Å²) in [5.41, 5.74) is -0.444. The van der Waals surface area contributed by atoms with Crippen molar-refractivity contribution in [3.05, 3.63) is 33.9 Å². The Kier molecular flexibility index (Phi) is 3.73. The van der Waals surface area contributed by atoms with Gasteiger partial charge >= 0.3 is 5.97 Å². The predicted molar refractivity (Wildman–Crippen MR) is 73.6 cm³/mol. The average molecular weight is 313 g/mol. The number of aromatic carboxylic acids is 1. The number of nitrogens with zero attached hydrogens (tertiary/aromatic N) is 2. The first-order chi connectivity index (χ1) is 9.31. The molecule has 0 aliphatic carbocycles. The highest BCUT2D eigenvalue weighted by molar-refractivity contribution is 7.93. The maximum Gasteiger partial charge on any atom is 0.358 e. The molecular formula is C11H11N3O4S2. The first-order valence-corrected chi connectivity index (χ1v) is 7.75. The van der Waals surface area contributed by atoms with Crippen molar-refractivity contribution in [1.82, 2.24) is 9.97 Å². The molecule has 20 heavy (non-hydrogen) atoms. The molecule has 0 aliphatic rings. The molecule has 2 aromatic heterocycles. The van der Waals surface area contributed by atoms with Crippen LogP contribution in [0.3, 0.4) is 0 Å². The molecule has 0 radical (unpaired) electrons. The second-order valence-electron chi connectivity index (χ2n) is 3.94. The largest absolute Gasteiger partial charge is 0.476 e. The molecule has 0 saturated heterocycles. The van der Waals surface area contributed by atoms with Gasteiger partial charge in [0, 0.05) is 22.1 Å². The van der Waals surface area contributed by atoms with Crippen LogP contribution in [0.2, 0.25) is 0 Å². The summed E-state index contributed by atoms with van der Waals surface area (Å²) in [5, 5.41) is 8.96. The molecule has 2 N–H and O–H groups in total. The number of carboxylic acid groups (broad SMARTS) is 1. The Bertz CT molecular complexity index is 768. The SMILES string of the molecule is Cc1cc(S(=O)(=O)Nc2nccnc2C(=O)O)c(C)s1. The normalized spacial score (nSPS) is 11.3. The molecule has 0 saturated carbocycles. The van der Waals surface area contributed by atoms with E-state index in [1.54, 1.807) is 13.8 Å². The van der Waals surface area contributed by atoms with Crippen LogP contribution >= 0.6 is 11.3 Å². The lowest BCUT2D eigenvalue weighted by Crippen LogP contribution is -2.17. The van der Waals surface area contributed by atoms with Crippen molar-refractivity contribution < 1.29 is 18.3 Å². The van der Waals surface area contributed by atoms with Gasteiger partial charge in [0.2, 0.25) is 0 Å². The van der Waals surface area contributed by atoms with Crippen molar-refractivity contribution in [1.29, 1.82) is 0 Å². The molecule has 2 aromatic rings. The van der Waals surface area contributed by atoms with Gasteiger partial charge in [-0.3, -0.25) is 4.72 Å². The molecular weight excluding hydrogens is 302 g/mol. The Morgan fingerprint density at radius 2 is 1.95 bits per heavy atom. The van der Waals surface area contributed by atoms with E-state index >= 15 is 0 Å². The van der Waals surface area contributed by atoms with Crippen molar-refractivity contribution in [2.24, 2.45) is 0 Å². The first-order valence-electron chi connectivity index (χ1n) is 5.45. The van der Waals surface area contributed by atoms with Crippen molar-refractivity contribution in [2.75, 3.05) is 4.72 Å². The molecule has 9 heteroatoms. The predicted octanol–water partition coefficient (Wildman–Crippen LogP) is 1.65. The molecule has 0 unspecified atom stereocenters. The van der Waals surface area contributed by atoms with Crippen molar-refractivity contribution in [2.45, 2.75) is 18.7 Å². The summed E-state index contributed by atoms with van der Waals surface area (Å²) in [5.74, 6) is -1.66. The summed E-state index contributed by atoms with van der Waals surface area (Å²) in [6, 6.07) is 1.53. The van der Waals surface area contributed by atoms with E-state index in [2.05, 4.69) is 14.7 Å². The zero-order valence-corrected chi connectivity index (χ0v) is 12.2. The van der Waals surface area contributed by atoms with Gasteiger partial charge in [0.05, 0.1) is 0 Å². The molecule has 7 nitrogen and oxygen atoms in total. The van der Waals surface area contributed by atoms with Gasteiger partial charge in [0.1, 0.15) is 4.90 Å². The van der Waals surface area contributed by atoms with Crippen LogP contribution in [-0.2, 0) is 10.0 Å². The number of carbonyl (C=O) groups is 1. The Hall–Kier alpha value is -2.00. The monoisotopic (exact) mass is 313 g/mol. The van der Waals surface area contributed by atoms with Gasteiger partial charge in [-0.25, -0.2) is 23.2 Å². The van der Waals surface area contributed by atoms with Crippen molar-refractivity contribution in [3.63, 3.8) is 0 Å². The first kappa shape index (κ1) is 14.4. The summed E-state index contributed by atoms with van der Waals surface area (Å²) in [7, 11) is -3.88. The number of carboxylic acids is 1. The Labute approximate surface area is 119 Å². The molecule has 0 atom stereocenters. The Morgan fingerprint density at radius 3 is 2.50 bits per heavy atom.